The van der Waals surface area contributed by atoms with Crippen molar-refractivity contribution in [3.63, 3.8) is 0 Å². The van der Waals surface area contributed by atoms with Crippen LogP contribution in [0.15, 0.2) is 59.5 Å². The zero-order valence-electron chi connectivity index (χ0n) is 20.8. The molecule has 202 valence electrons. The summed E-state index contributed by atoms with van der Waals surface area (Å²) in [5.74, 6) is 0.224. The lowest BCUT2D eigenvalue weighted by atomic mass is 10.0. The summed E-state index contributed by atoms with van der Waals surface area (Å²) >= 11 is 5.98. The maximum atomic E-state index is 13.6. The van der Waals surface area contributed by atoms with Crippen LogP contribution in [0.1, 0.15) is 37.7 Å². The van der Waals surface area contributed by atoms with Crippen molar-refractivity contribution in [2.24, 2.45) is 5.92 Å². The minimum absolute atomic E-state index is 0.121. The van der Waals surface area contributed by atoms with Gasteiger partial charge in [0.25, 0.3) is 0 Å². The number of rotatable bonds is 11. The summed E-state index contributed by atoms with van der Waals surface area (Å²) < 4.78 is 39.4. The van der Waals surface area contributed by atoms with Crippen molar-refractivity contribution in [3.05, 3.63) is 65.2 Å². The Kier molecular flexibility index (Phi) is 9.83. The SMILES string of the molecule is O=C(NC(Cc1ccccc1)[C@@H](O)CN(CC1CCCC1)S(=O)(=O)c1ccc(Cl)cc1)O[C@H]1CCOC1. The van der Waals surface area contributed by atoms with Gasteiger partial charge in [-0.05, 0) is 55.0 Å². The fourth-order valence-electron chi connectivity index (χ4n) is 4.94. The van der Waals surface area contributed by atoms with Crippen LogP contribution < -0.4 is 5.32 Å². The van der Waals surface area contributed by atoms with Crippen LogP contribution in [0.2, 0.25) is 5.02 Å². The monoisotopic (exact) mass is 550 g/mol. The molecule has 1 saturated carbocycles. The van der Waals surface area contributed by atoms with Crippen molar-refractivity contribution in [1.82, 2.24) is 9.62 Å². The second-order valence-corrected chi connectivity index (χ2v) is 12.2. The van der Waals surface area contributed by atoms with E-state index >= 15 is 0 Å². The lowest BCUT2D eigenvalue weighted by Gasteiger charge is -2.31. The molecule has 0 bridgehead atoms. The molecule has 0 spiro atoms. The number of aliphatic hydroxyl groups is 1. The molecule has 2 N–H and O–H groups in total. The summed E-state index contributed by atoms with van der Waals surface area (Å²) in [6, 6.07) is 14.7. The molecule has 1 amide bonds. The molecular formula is C27H35ClN2O6S. The zero-order valence-corrected chi connectivity index (χ0v) is 22.4. The molecular weight excluding hydrogens is 516 g/mol. The molecule has 8 nitrogen and oxygen atoms in total. The van der Waals surface area contributed by atoms with Gasteiger partial charge in [-0.2, -0.15) is 4.31 Å². The first-order chi connectivity index (χ1) is 17.8. The number of nitrogens with one attached hydrogen (secondary N) is 1. The van der Waals surface area contributed by atoms with E-state index in [-0.39, 0.29) is 23.5 Å². The largest absolute Gasteiger partial charge is 0.444 e. The van der Waals surface area contributed by atoms with Crippen molar-refractivity contribution >= 4 is 27.7 Å². The number of hydrogen-bond donors (Lipinski definition) is 2. The number of carbonyl (C=O) groups excluding carboxylic acids is 1. The quantitative estimate of drug-likeness (QED) is 0.438. The summed E-state index contributed by atoms with van der Waals surface area (Å²) in [7, 11) is -3.90. The summed E-state index contributed by atoms with van der Waals surface area (Å²) in [4.78, 5) is 12.8. The number of halogens is 1. The van der Waals surface area contributed by atoms with E-state index in [1.807, 2.05) is 30.3 Å². The van der Waals surface area contributed by atoms with Gasteiger partial charge in [0.05, 0.1) is 30.3 Å². The first-order valence-corrected chi connectivity index (χ1v) is 14.7. The van der Waals surface area contributed by atoms with Crippen LogP contribution in [0.5, 0.6) is 0 Å². The number of hydrogen-bond acceptors (Lipinski definition) is 6. The third-order valence-corrected chi connectivity index (χ3v) is 9.10. The van der Waals surface area contributed by atoms with E-state index in [9.17, 15) is 18.3 Å². The highest BCUT2D eigenvalue weighted by atomic mass is 35.5. The molecule has 2 aromatic carbocycles. The van der Waals surface area contributed by atoms with Crippen LogP contribution in [0.4, 0.5) is 4.79 Å². The first-order valence-electron chi connectivity index (χ1n) is 12.8. The lowest BCUT2D eigenvalue weighted by molar-refractivity contribution is 0.0641. The number of sulfonamides is 1. The predicted octanol–water partition coefficient (Wildman–Crippen LogP) is 4.01. The maximum Gasteiger partial charge on any atom is 0.407 e. The zero-order chi connectivity index (χ0) is 26.3. The first kappa shape index (κ1) is 27.9. The van der Waals surface area contributed by atoms with Gasteiger partial charge in [-0.15, -0.1) is 0 Å². The number of aliphatic hydroxyl groups excluding tert-OH is 1. The summed E-state index contributed by atoms with van der Waals surface area (Å²) in [6.07, 6.45) is 2.81. The summed E-state index contributed by atoms with van der Waals surface area (Å²) in [5, 5.41) is 14.6. The third-order valence-electron chi connectivity index (χ3n) is 7.01. The van der Waals surface area contributed by atoms with Crippen LogP contribution >= 0.6 is 11.6 Å². The van der Waals surface area contributed by atoms with Gasteiger partial charge in [0, 0.05) is 24.5 Å². The van der Waals surface area contributed by atoms with Gasteiger partial charge < -0.3 is 19.9 Å². The highest BCUT2D eigenvalue weighted by Gasteiger charge is 2.33. The van der Waals surface area contributed by atoms with E-state index in [0.717, 1.165) is 31.2 Å². The van der Waals surface area contributed by atoms with Gasteiger partial charge in [0.2, 0.25) is 10.0 Å². The Bertz CT molecular complexity index is 1100. The van der Waals surface area contributed by atoms with Gasteiger partial charge in [0.1, 0.15) is 6.10 Å². The Morgan fingerprint density at radius 2 is 1.81 bits per heavy atom. The number of benzene rings is 2. The fraction of sp³-hybridized carbons (Fsp3) is 0.519. The van der Waals surface area contributed by atoms with Crippen LogP contribution in [0, 0.1) is 5.92 Å². The van der Waals surface area contributed by atoms with Crippen molar-refractivity contribution in [1.29, 1.82) is 0 Å². The highest BCUT2D eigenvalue weighted by Crippen LogP contribution is 2.28. The molecule has 2 fully saturated rings. The average Bonchev–Trinajstić information content (AvgIpc) is 3.58. The molecule has 10 heteroatoms. The molecule has 1 heterocycles. The molecule has 37 heavy (non-hydrogen) atoms. The molecule has 1 unspecified atom stereocenters. The Balaban J connectivity index is 1.53. The van der Waals surface area contributed by atoms with Gasteiger partial charge >= 0.3 is 6.09 Å². The highest BCUT2D eigenvalue weighted by molar-refractivity contribution is 7.89. The van der Waals surface area contributed by atoms with Crippen LogP contribution in [0.25, 0.3) is 0 Å². The second kappa shape index (κ2) is 13.1. The van der Waals surface area contributed by atoms with Crippen molar-refractivity contribution in [2.45, 2.75) is 61.7 Å². The maximum absolute atomic E-state index is 13.6. The van der Waals surface area contributed by atoms with Crippen LogP contribution in [-0.2, 0) is 25.9 Å². The normalized spacial score (nSPS) is 20.1. The van der Waals surface area contributed by atoms with Gasteiger partial charge in [0.15, 0.2) is 0 Å². The van der Waals surface area contributed by atoms with E-state index in [0.29, 0.717) is 37.6 Å². The molecule has 1 saturated heterocycles. The van der Waals surface area contributed by atoms with Gasteiger partial charge in [-0.25, -0.2) is 13.2 Å². The summed E-state index contributed by atoms with van der Waals surface area (Å²) in [5.41, 5.74) is 0.902. The van der Waals surface area contributed by atoms with Crippen molar-refractivity contribution in [3.8, 4) is 0 Å². The molecule has 1 aliphatic heterocycles. The van der Waals surface area contributed by atoms with Crippen LogP contribution in [0.3, 0.4) is 0 Å². The van der Waals surface area contributed by atoms with E-state index in [2.05, 4.69) is 5.32 Å². The number of carbonyl (C=O) groups is 1. The smallest absolute Gasteiger partial charge is 0.407 e. The molecule has 1 aliphatic carbocycles. The molecule has 3 atom stereocenters. The second-order valence-electron chi connectivity index (χ2n) is 9.83. The van der Waals surface area contributed by atoms with E-state index in [1.165, 1.54) is 16.4 Å². The number of nitrogens with zero attached hydrogens (tertiary/aromatic N) is 1. The summed E-state index contributed by atoms with van der Waals surface area (Å²) in [6.45, 7) is 1.02. The standard InChI is InChI=1S/C27H35ClN2O6S/c28-22-10-12-24(13-11-22)37(33,34)30(17-21-8-4-5-9-21)18-26(31)25(16-20-6-2-1-3-7-20)29-27(32)36-23-14-15-35-19-23/h1-3,6-7,10-13,21,23,25-26,31H,4-5,8-9,14-19H2,(H,29,32)/t23-,25?,26-/m0/s1. The number of amides is 1. The van der Waals surface area contributed by atoms with E-state index in [1.54, 1.807) is 12.1 Å². The third kappa shape index (κ3) is 7.91. The van der Waals surface area contributed by atoms with Gasteiger partial charge in [-0.3, -0.25) is 0 Å². The Morgan fingerprint density at radius 1 is 1.11 bits per heavy atom. The van der Waals surface area contributed by atoms with E-state index in [4.69, 9.17) is 21.1 Å². The topological polar surface area (TPSA) is 105 Å². The molecule has 2 aliphatic rings. The Morgan fingerprint density at radius 3 is 2.46 bits per heavy atom. The number of ether oxygens (including phenoxy) is 2. The molecule has 0 radical (unpaired) electrons. The van der Waals surface area contributed by atoms with Crippen molar-refractivity contribution in [2.75, 3.05) is 26.3 Å². The average molecular weight is 551 g/mol. The minimum Gasteiger partial charge on any atom is -0.444 e. The van der Waals surface area contributed by atoms with Crippen LogP contribution in [-0.4, -0.2) is 68.5 Å². The minimum atomic E-state index is -3.90. The lowest BCUT2D eigenvalue weighted by Crippen LogP contribution is -2.51. The molecule has 0 aromatic heterocycles. The Hall–Kier alpha value is -2.17. The predicted molar refractivity (Wildman–Crippen MR) is 141 cm³/mol. The van der Waals surface area contributed by atoms with E-state index < -0.39 is 28.3 Å². The molecule has 2 aromatic rings. The van der Waals surface area contributed by atoms with Crippen molar-refractivity contribution < 1.29 is 27.8 Å². The fourth-order valence-corrected chi connectivity index (χ4v) is 6.60. The number of alkyl carbamates (subject to hydrolysis) is 1. The Labute approximate surface area is 224 Å². The van der Waals surface area contributed by atoms with Gasteiger partial charge in [-0.1, -0.05) is 54.8 Å². The molecule has 4 rings (SSSR count).